The lowest BCUT2D eigenvalue weighted by molar-refractivity contribution is -0.190. The smallest absolute Gasteiger partial charge is 0.345 e. The fraction of sp³-hybridized carbons (Fsp3) is 0.947. The summed E-state index contributed by atoms with van der Waals surface area (Å²) in [6, 6.07) is 0. The van der Waals surface area contributed by atoms with Gasteiger partial charge in [-0.3, -0.25) is 0 Å². The lowest BCUT2D eigenvalue weighted by Crippen LogP contribution is -2.52. The zero-order valence-electron chi connectivity index (χ0n) is 30.0. The van der Waals surface area contributed by atoms with Gasteiger partial charge >= 0.3 is 11.9 Å². The largest absolute Gasteiger partial charge is 0.389 e. The van der Waals surface area contributed by atoms with Gasteiger partial charge in [0.25, 0.3) is 0 Å². The minimum atomic E-state index is -1.90. The monoisotopic (exact) mass is 643 g/mol. The molecule has 0 aromatic heterocycles. The van der Waals surface area contributed by atoms with Gasteiger partial charge in [0.2, 0.25) is 0 Å². The number of aliphatic hydroxyl groups excluding tert-OH is 2. The summed E-state index contributed by atoms with van der Waals surface area (Å²) in [5.74, 6) is -2.50. The van der Waals surface area contributed by atoms with Crippen LogP contribution in [0.25, 0.3) is 0 Å². The number of esters is 2. The molecule has 0 aliphatic carbocycles. The summed E-state index contributed by atoms with van der Waals surface area (Å²) in [5, 5.41) is 45.0. The topological polar surface area (TPSA) is 124 Å². The summed E-state index contributed by atoms with van der Waals surface area (Å²) in [6.45, 7) is 8.63. The van der Waals surface area contributed by atoms with Crippen molar-refractivity contribution in [3.05, 3.63) is 0 Å². The molecular formula is C38H74O7. The van der Waals surface area contributed by atoms with Gasteiger partial charge < -0.3 is 25.2 Å². The fourth-order valence-corrected chi connectivity index (χ4v) is 6.29. The zero-order valence-corrected chi connectivity index (χ0v) is 30.0. The molecule has 0 bridgehead atoms. The Morgan fingerprint density at radius 1 is 0.422 bits per heavy atom. The predicted octanol–water partition coefficient (Wildman–Crippen LogP) is 9.24. The van der Waals surface area contributed by atoms with Crippen molar-refractivity contribution in [2.75, 3.05) is 0 Å². The van der Waals surface area contributed by atoms with E-state index in [1.54, 1.807) is 0 Å². The van der Waals surface area contributed by atoms with Crippen molar-refractivity contribution in [3.63, 3.8) is 0 Å². The molecule has 2 unspecified atom stereocenters. The number of hydrogen-bond donors (Lipinski definition) is 4. The fourth-order valence-electron chi connectivity index (χ4n) is 6.29. The van der Waals surface area contributed by atoms with Crippen LogP contribution in [0.1, 0.15) is 207 Å². The van der Waals surface area contributed by atoms with E-state index in [0.717, 1.165) is 128 Å². The van der Waals surface area contributed by atoms with Crippen molar-refractivity contribution in [1.82, 2.24) is 0 Å². The molecule has 0 aromatic rings. The summed E-state index contributed by atoms with van der Waals surface area (Å²) < 4.78 is 5.01. The van der Waals surface area contributed by atoms with Gasteiger partial charge in [0.05, 0.1) is 0 Å². The molecule has 0 heterocycles. The molecule has 0 saturated heterocycles. The standard InChI is InChI=1S/C38H74O7/c1-5-9-13-17-21-25-29-37(43,30-26-22-18-14-10-6-2)33(39)35(41)45-36(42)34(40)38(44,31-27-23-19-15-11-7-3)32-28-24-20-16-12-8-4/h33-34,39-40,43-44H,5-32H2,1-4H3. The molecule has 268 valence electrons. The van der Waals surface area contributed by atoms with Gasteiger partial charge in [0.15, 0.2) is 12.2 Å². The molecule has 7 heteroatoms. The van der Waals surface area contributed by atoms with E-state index < -0.39 is 35.3 Å². The van der Waals surface area contributed by atoms with E-state index in [1.807, 2.05) is 0 Å². The van der Waals surface area contributed by atoms with Crippen LogP contribution in [0, 0.1) is 0 Å². The van der Waals surface area contributed by atoms with Gasteiger partial charge in [-0.05, 0) is 25.7 Å². The maximum Gasteiger partial charge on any atom is 0.345 e. The molecule has 0 radical (unpaired) electrons. The highest BCUT2D eigenvalue weighted by Gasteiger charge is 2.45. The van der Waals surface area contributed by atoms with Crippen LogP contribution in [0.5, 0.6) is 0 Å². The summed E-state index contributed by atoms with van der Waals surface area (Å²) in [4.78, 5) is 26.1. The minimum Gasteiger partial charge on any atom is -0.389 e. The van der Waals surface area contributed by atoms with Crippen LogP contribution in [0.4, 0.5) is 0 Å². The van der Waals surface area contributed by atoms with Crippen LogP contribution in [0.3, 0.4) is 0 Å². The molecular weight excluding hydrogens is 568 g/mol. The van der Waals surface area contributed by atoms with Gasteiger partial charge in [-0.25, -0.2) is 9.59 Å². The van der Waals surface area contributed by atoms with E-state index >= 15 is 0 Å². The quantitative estimate of drug-likeness (QED) is 0.0327. The van der Waals surface area contributed by atoms with Crippen LogP contribution in [0.15, 0.2) is 0 Å². The first-order chi connectivity index (χ1) is 21.6. The van der Waals surface area contributed by atoms with Gasteiger partial charge in [-0.15, -0.1) is 0 Å². The van der Waals surface area contributed by atoms with Gasteiger partial charge in [0, 0.05) is 0 Å². The zero-order chi connectivity index (χ0) is 33.8. The lowest BCUT2D eigenvalue weighted by Gasteiger charge is -2.34. The van der Waals surface area contributed by atoms with Crippen molar-refractivity contribution in [2.24, 2.45) is 0 Å². The number of carbonyl (C=O) groups is 2. The first kappa shape index (κ1) is 44.0. The average molecular weight is 643 g/mol. The second-order valence-corrected chi connectivity index (χ2v) is 13.8. The third-order valence-corrected chi connectivity index (χ3v) is 9.52. The van der Waals surface area contributed by atoms with E-state index in [1.165, 1.54) is 0 Å². The SMILES string of the molecule is CCCCCCCCC(O)(CCCCCCCC)C(O)C(=O)OC(=O)C(O)C(O)(CCCCCCCC)CCCCCCCC. The van der Waals surface area contributed by atoms with E-state index in [9.17, 15) is 30.0 Å². The number of carbonyl (C=O) groups excluding carboxylic acids is 2. The molecule has 0 fully saturated rings. The highest BCUT2D eigenvalue weighted by atomic mass is 16.6. The maximum absolute atomic E-state index is 13.1. The lowest BCUT2D eigenvalue weighted by atomic mass is 9.84. The molecule has 0 aliphatic heterocycles. The third kappa shape index (κ3) is 20.7. The van der Waals surface area contributed by atoms with Crippen molar-refractivity contribution in [1.29, 1.82) is 0 Å². The Morgan fingerprint density at radius 2 is 0.622 bits per heavy atom. The van der Waals surface area contributed by atoms with Crippen LogP contribution in [-0.4, -0.2) is 55.8 Å². The molecule has 0 aliphatic rings. The van der Waals surface area contributed by atoms with Crippen molar-refractivity contribution >= 4 is 11.9 Å². The summed E-state index contributed by atoms with van der Waals surface area (Å²) in [7, 11) is 0. The Balaban J connectivity index is 5.38. The van der Waals surface area contributed by atoms with Gasteiger partial charge in [-0.1, -0.05) is 182 Å². The summed E-state index contributed by atoms with van der Waals surface area (Å²) in [5.41, 5.74) is -3.41. The molecule has 2 atom stereocenters. The minimum absolute atomic E-state index is 0.237. The maximum atomic E-state index is 13.1. The Bertz CT molecular complexity index is 620. The molecule has 0 rings (SSSR count). The van der Waals surface area contributed by atoms with E-state index in [2.05, 4.69) is 27.7 Å². The first-order valence-electron chi connectivity index (χ1n) is 19.2. The Labute approximate surface area is 277 Å². The van der Waals surface area contributed by atoms with E-state index in [0.29, 0.717) is 25.7 Å². The molecule has 45 heavy (non-hydrogen) atoms. The van der Waals surface area contributed by atoms with Crippen LogP contribution in [-0.2, 0) is 14.3 Å². The highest BCUT2D eigenvalue weighted by molar-refractivity contribution is 5.91. The molecule has 0 aromatic carbocycles. The predicted molar refractivity (Wildman–Crippen MR) is 185 cm³/mol. The highest BCUT2D eigenvalue weighted by Crippen LogP contribution is 2.30. The van der Waals surface area contributed by atoms with Crippen molar-refractivity contribution in [3.8, 4) is 0 Å². The molecule has 4 N–H and O–H groups in total. The molecule has 0 amide bonds. The Kier molecular flexibility index (Phi) is 27.4. The number of unbranched alkanes of at least 4 members (excludes halogenated alkanes) is 20. The summed E-state index contributed by atoms with van der Waals surface area (Å²) >= 11 is 0. The number of aliphatic hydroxyl groups is 4. The van der Waals surface area contributed by atoms with Crippen LogP contribution in [0.2, 0.25) is 0 Å². The first-order valence-corrected chi connectivity index (χ1v) is 19.2. The normalized spacial score (nSPS) is 13.6. The third-order valence-electron chi connectivity index (χ3n) is 9.52. The summed E-state index contributed by atoms with van der Waals surface area (Å²) in [6.07, 6.45) is 21.1. The van der Waals surface area contributed by atoms with Crippen molar-refractivity contribution in [2.45, 2.75) is 231 Å². The number of ether oxygens (including phenoxy) is 1. The molecule has 7 nitrogen and oxygen atoms in total. The number of rotatable bonds is 32. The van der Waals surface area contributed by atoms with Crippen LogP contribution < -0.4 is 0 Å². The second kappa shape index (κ2) is 28.0. The van der Waals surface area contributed by atoms with E-state index in [4.69, 9.17) is 4.74 Å². The Morgan fingerprint density at radius 3 is 0.844 bits per heavy atom. The van der Waals surface area contributed by atoms with Gasteiger partial charge in [-0.2, -0.15) is 0 Å². The molecule has 0 spiro atoms. The van der Waals surface area contributed by atoms with Gasteiger partial charge in [0.1, 0.15) is 11.2 Å². The average Bonchev–Trinajstić information content (AvgIpc) is 3.03. The van der Waals surface area contributed by atoms with Crippen LogP contribution >= 0.6 is 0 Å². The number of hydrogen-bond acceptors (Lipinski definition) is 7. The Hall–Kier alpha value is -1.02. The molecule has 0 saturated carbocycles. The second-order valence-electron chi connectivity index (χ2n) is 13.8. The van der Waals surface area contributed by atoms with Crippen molar-refractivity contribution < 1.29 is 34.8 Å². The van der Waals surface area contributed by atoms with E-state index in [-0.39, 0.29) is 25.7 Å².